The summed E-state index contributed by atoms with van der Waals surface area (Å²) in [4.78, 5) is 4.16. The third-order valence-corrected chi connectivity index (χ3v) is 5.12. The fourth-order valence-electron chi connectivity index (χ4n) is 1.99. The molecule has 0 saturated heterocycles. The monoisotopic (exact) mass is 291 g/mol. The molecular weight excluding hydrogens is 274 g/mol. The molecule has 1 saturated carbocycles. The molecule has 1 aromatic heterocycles. The van der Waals surface area contributed by atoms with Crippen molar-refractivity contribution in [1.29, 1.82) is 0 Å². The van der Waals surface area contributed by atoms with Crippen LogP contribution in [-0.4, -0.2) is 40.7 Å². The average molecular weight is 292 g/mol. The lowest BCUT2D eigenvalue weighted by Crippen LogP contribution is -2.35. The lowest BCUT2D eigenvalue weighted by atomic mass is 10.6. The number of aromatic nitrogens is 2. The second kappa shape index (κ2) is 5.19. The Morgan fingerprint density at radius 1 is 1.56 bits per heavy atom. The molecule has 1 aromatic rings. The number of imidazole rings is 1. The molecule has 0 unspecified atom stereocenters. The molecule has 0 spiro atoms. The first kappa shape index (κ1) is 13.8. The van der Waals surface area contributed by atoms with Crippen molar-refractivity contribution in [3.8, 4) is 0 Å². The topological polar surface area (TPSA) is 55.2 Å². The van der Waals surface area contributed by atoms with Crippen molar-refractivity contribution in [2.75, 3.05) is 12.4 Å². The lowest BCUT2D eigenvalue weighted by Gasteiger charge is -2.19. The number of alkyl halides is 1. The van der Waals surface area contributed by atoms with E-state index >= 15 is 0 Å². The molecule has 1 fully saturated rings. The number of hydrogen-bond donors (Lipinski definition) is 0. The second-order valence-corrected chi connectivity index (χ2v) is 6.66. The molecule has 0 bridgehead atoms. The van der Waals surface area contributed by atoms with Crippen molar-refractivity contribution in [2.24, 2.45) is 0 Å². The van der Waals surface area contributed by atoms with Crippen LogP contribution in [0.5, 0.6) is 0 Å². The van der Waals surface area contributed by atoms with E-state index in [4.69, 9.17) is 11.6 Å². The maximum absolute atomic E-state index is 12.5. The van der Waals surface area contributed by atoms with E-state index in [-0.39, 0.29) is 11.1 Å². The largest absolute Gasteiger partial charge is 0.334 e. The quantitative estimate of drug-likeness (QED) is 0.748. The van der Waals surface area contributed by atoms with Crippen molar-refractivity contribution < 1.29 is 8.42 Å². The fourth-order valence-corrected chi connectivity index (χ4v) is 3.95. The molecule has 0 amide bonds. The highest BCUT2D eigenvalue weighted by Crippen LogP contribution is 2.31. The minimum Gasteiger partial charge on any atom is -0.334 e. The van der Waals surface area contributed by atoms with Gasteiger partial charge in [0.15, 0.2) is 5.03 Å². The van der Waals surface area contributed by atoms with E-state index in [9.17, 15) is 8.42 Å². The molecule has 1 aliphatic rings. The standard InChI is InChI=1S/C11H18ClN3O2S/c1-3-14-8-11(13-9(14)2)18(16,17)15(7-6-12)10-4-5-10/h8,10H,3-7H2,1-2H3. The molecule has 2 rings (SSSR count). The van der Waals surface area contributed by atoms with Gasteiger partial charge in [-0.3, -0.25) is 0 Å². The molecule has 102 valence electrons. The molecular formula is C11H18ClN3O2S. The second-order valence-electron chi connectivity index (χ2n) is 4.45. The zero-order chi connectivity index (χ0) is 13.3. The van der Waals surface area contributed by atoms with Gasteiger partial charge in [-0.1, -0.05) is 0 Å². The van der Waals surface area contributed by atoms with Gasteiger partial charge in [-0.05, 0) is 26.7 Å². The number of aryl methyl sites for hydroxylation is 2. The molecule has 18 heavy (non-hydrogen) atoms. The fraction of sp³-hybridized carbons (Fsp3) is 0.727. The first-order chi connectivity index (χ1) is 8.50. The molecule has 0 aliphatic heterocycles. The van der Waals surface area contributed by atoms with Gasteiger partial charge in [-0.2, -0.15) is 4.31 Å². The van der Waals surface area contributed by atoms with Gasteiger partial charge in [0.05, 0.1) is 0 Å². The molecule has 5 nitrogen and oxygen atoms in total. The van der Waals surface area contributed by atoms with Crippen molar-refractivity contribution in [3.63, 3.8) is 0 Å². The van der Waals surface area contributed by atoms with Gasteiger partial charge in [-0.15, -0.1) is 11.6 Å². The van der Waals surface area contributed by atoms with Gasteiger partial charge in [0.2, 0.25) is 0 Å². The lowest BCUT2D eigenvalue weighted by molar-refractivity contribution is 0.420. The third-order valence-electron chi connectivity index (χ3n) is 3.13. The number of hydrogen-bond acceptors (Lipinski definition) is 3. The molecule has 0 aromatic carbocycles. The highest BCUT2D eigenvalue weighted by Gasteiger charge is 2.38. The van der Waals surface area contributed by atoms with Gasteiger partial charge >= 0.3 is 0 Å². The van der Waals surface area contributed by atoms with Crippen LogP contribution in [0.25, 0.3) is 0 Å². The van der Waals surface area contributed by atoms with Crippen LogP contribution in [0.1, 0.15) is 25.6 Å². The summed E-state index contributed by atoms with van der Waals surface area (Å²) in [6.07, 6.45) is 3.45. The zero-order valence-corrected chi connectivity index (χ0v) is 12.2. The number of sulfonamides is 1. The van der Waals surface area contributed by atoms with Gasteiger partial charge in [0.25, 0.3) is 10.0 Å². The van der Waals surface area contributed by atoms with Crippen LogP contribution >= 0.6 is 11.6 Å². The molecule has 0 radical (unpaired) electrons. The van der Waals surface area contributed by atoms with Crippen LogP contribution < -0.4 is 0 Å². The average Bonchev–Trinajstić information content (AvgIpc) is 3.08. The van der Waals surface area contributed by atoms with Crippen LogP contribution in [-0.2, 0) is 16.6 Å². The van der Waals surface area contributed by atoms with Crippen molar-refractivity contribution in [1.82, 2.24) is 13.9 Å². The van der Waals surface area contributed by atoms with Crippen molar-refractivity contribution >= 4 is 21.6 Å². The molecule has 0 atom stereocenters. The Hall–Kier alpha value is -0.590. The van der Waals surface area contributed by atoms with Gasteiger partial charge in [-0.25, -0.2) is 13.4 Å². The van der Waals surface area contributed by atoms with E-state index in [1.165, 1.54) is 4.31 Å². The summed E-state index contributed by atoms with van der Waals surface area (Å²) in [6, 6.07) is 0.112. The van der Waals surface area contributed by atoms with Crippen molar-refractivity contribution in [3.05, 3.63) is 12.0 Å². The Balaban J connectivity index is 2.33. The molecule has 0 N–H and O–H groups in total. The predicted molar refractivity (Wildman–Crippen MR) is 70.3 cm³/mol. The minimum absolute atomic E-state index is 0.112. The predicted octanol–water partition coefficient (Wildman–Crippen LogP) is 1.60. The van der Waals surface area contributed by atoms with Crippen LogP contribution in [0.2, 0.25) is 0 Å². The van der Waals surface area contributed by atoms with Gasteiger partial charge < -0.3 is 4.57 Å². The van der Waals surface area contributed by atoms with E-state index in [0.29, 0.717) is 19.0 Å². The summed E-state index contributed by atoms with van der Waals surface area (Å²) < 4.78 is 28.3. The van der Waals surface area contributed by atoms with E-state index in [0.717, 1.165) is 18.7 Å². The van der Waals surface area contributed by atoms with E-state index in [1.807, 2.05) is 18.4 Å². The Morgan fingerprint density at radius 2 is 2.22 bits per heavy atom. The number of nitrogens with zero attached hydrogens (tertiary/aromatic N) is 3. The minimum atomic E-state index is -3.49. The van der Waals surface area contributed by atoms with E-state index < -0.39 is 10.0 Å². The van der Waals surface area contributed by atoms with Crippen LogP contribution in [0.3, 0.4) is 0 Å². The molecule has 7 heteroatoms. The van der Waals surface area contributed by atoms with Crippen LogP contribution in [0, 0.1) is 6.92 Å². The summed E-state index contributed by atoms with van der Waals surface area (Å²) in [7, 11) is -3.49. The summed E-state index contributed by atoms with van der Waals surface area (Å²) in [6.45, 7) is 4.84. The highest BCUT2D eigenvalue weighted by atomic mass is 35.5. The van der Waals surface area contributed by atoms with E-state index in [1.54, 1.807) is 6.20 Å². The van der Waals surface area contributed by atoms with Crippen LogP contribution in [0.4, 0.5) is 0 Å². The Labute approximate surface area is 113 Å². The summed E-state index contributed by atoms with van der Waals surface area (Å²) in [5.74, 6) is 1.03. The highest BCUT2D eigenvalue weighted by molar-refractivity contribution is 7.89. The first-order valence-corrected chi connectivity index (χ1v) is 8.09. The maximum atomic E-state index is 12.5. The molecule has 1 heterocycles. The Morgan fingerprint density at radius 3 is 2.67 bits per heavy atom. The Kier molecular flexibility index (Phi) is 3.99. The maximum Gasteiger partial charge on any atom is 0.262 e. The smallest absolute Gasteiger partial charge is 0.262 e. The number of rotatable bonds is 6. The summed E-state index contributed by atoms with van der Waals surface area (Å²) >= 11 is 5.69. The summed E-state index contributed by atoms with van der Waals surface area (Å²) in [5, 5.41) is 0.138. The SMILES string of the molecule is CCn1cc(S(=O)(=O)N(CCCl)C2CC2)nc1C. The third kappa shape index (κ3) is 2.55. The van der Waals surface area contributed by atoms with Crippen molar-refractivity contribution in [2.45, 2.75) is 44.3 Å². The molecule has 1 aliphatic carbocycles. The van der Waals surface area contributed by atoms with Gasteiger partial charge in [0, 0.05) is 31.2 Å². The van der Waals surface area contributed by atoms with E-state index in [2.05, 4.69) is 4.98 Å². The summed E-state index contributed by atoms with van der Waals surface area (Å²) in [5.41, 5.74) is 0. The number of halogens is 1. The Bertz CT molecular complexity index is 522. The van der Waals surface area contributed by atoms with Crippen LogP contribution in [0.15, 0.2) is 11.2 Å². The first-order valence-electron chi connectivity index (χ1n) is 6.12. The zero-order valence-electron chi connectivity index (χ0n) is 10.6. The van der Waals surface area contributed by atoms with Gasteiger partial charge in [0.1, 0.15) is 5.82 Å². The normalized spacial score (nSPS) is 16.4.